The van der Waals surface area contributed by atoms with Crippen LogP contribution in [-0.4, -0.2) is 26.4 Å². The molecule has 0 unspecified atom stereocenters. The van der Waals surface area contributed by atoms with Crippen LogP contribution in [0.1, 0.15) is 48.4 Å². The van der Waals surface area contributed by atoms with Crippen molar-refractivity contribution in [1.82, 2.24) is 4.31 Å². The molecule has 4 nitrogen and oxygen atoms in total. The third-order valence-corrected chi connectivity index (χ3v) is 7.19. The summed E-state index contributed by atoms with van der Waals surface area (Å²) in [5.74, 6) is 0.783. The van der Waals surface area contributed by atoms with Crippen LogP contribution in [0, 0.1) is 13.8 Å². The zero-order valence-corrected chi connectivity index (χ0v) is 16.6. The molecular formula is C21H27NO3S. The highest BCUT2D eigenvalue weighted by Crippen LogP contribution is 2.35. The molecule has 2 aromatic carbocycles. The van der Waals surface area contributed by atoms with Crippen molar-refractivity contribution in [2.45, 2.75) is 50.5 Å². The van der Waals surface area contributed by atoms with Gasteiger partial charge in [-0.1, -0.05) is 31.0 Å². The fraction of sp³-hybridized carbons (Fsp3) is 0.429. The van der Waals surface area contributed by atoms with Gasteiger partial charge in [-0.3, -0.25) is 0 Å². The van der Waals surface area contributed by atoms with Crippen LogP contribution in [0.15, 0.2) is 47.4 Å². The Morgan fingerprint density at radius 2 is 1.69 bits per heavy atom. The molecule has 0 spiro atoms. The van der Waals surface area contributed by atoms with E-state index in [9.17, 15) is 8.42 Å². The predicted octanol–water partition coefficient (Wildman–Crippen LogP) is 4.62. The summed E-state index contributed by atoms with van der Waals surface area (Å²) in [4.78, 5) is 0.390. The van der Waals surface area contributed by atoms with Crippen LogP contribution >= 0.6 is 0 Å². The van der Waals surface area contributed by atoms with Crippen molar-refractivity contribution in [1.29, 1.82) is 0 Å². The fourth-order valence-electron chi connectivity index (χ4n) is 3.54. The average molecular weight is 374 g/mol. The predicted molar refractivity (Wildman–Crippen MR) is 104 cm³/mol. The molecule has 0 aliphatic carbocycles. The molecule has 0 amide bonds. The minimum absolute atomic E-state index is 0.130. The van der Waals surface area contributed by atoms with E-state index in [1.165, 1.54) is 0 Å². The molecule has 1 saturated heterocycles. The Labute approximate surface area is 156 Å². The maximum absolute atomic E-state index is 13.4. The monoisotopic (exact) mass is 373 g/mol. The number of ether oxygens (including phenoxy) is 1. The van der Waals surface area contributed by atoms with Crippen LogP contribution in [0.2, 0.25) is 0 Å². The van der Waals surface area contributed by atoms with E-state index in [2.05, 4.69) is 0 Å². The molecule has 0 aromatic heterocycles. The summed E-state index contributed by atoms with van der Waals surface area (Å²) >= 11 is 0. The largest absolute Gasteiger partial charge is 0.497 e. The van der Waals surface area contributed by atoms with Gasteiger partial charge in [0.2, 0.25) is 10.0 Å². The SMILES string of the molecule is COc1ccc([C@H]2CCCCCN2S(=O)(=O)c2ccc(C)c(C)c2)cc1. The van der Waals surface area contributed by atoms with E-state index in [1.807, 2.05) is 44.2 Å². The summed E-state index contributed by atoms with van der Waals surface area (Å²) in [6, 6.07) is 13.1. The Morgan fingerprint density at radius 1 is 0.962 bits per heavy atom. The summed E-state index contributed by atoms with van der Waals surface area (Å²) in [6.45, 7) is 4.52. The van der Waals surface area contributed by atoms with Gasteiger partial charge in [-0.15, -0.1) is 0 Å². The second kappa shape index (κ2) is 7.80. The van der Waals surface area contributed by atoms with Gasteiger partial charge < -0.3 is 4.74 Å². The van der Waals surface area contributed by atoms with Gasteiger partial charge in [0, 0.05) is 6.54 Å². The molecule has 0 N–H and O–H groups in total. The average Bonchev–Trinajstić information content (AvgIpc) is 2.90. The third-order valence-electron chi connectivity index (χ3n) is 5.29. The molecule has 1 fully saturated rings. The van der Waals surface area contributed by atoms with E-state index in [0.29, 0.717) is 11.4 Å². The van der Waals surface area contributed by atoms with Gasteiger partial charge in [0.25, 0.3) is 0 Å². The summed E-state index contributed by atoms with van der Waals surface area (Å²) in [5.41, 5.74) is 3.13. The Morgan fingerprint density at radius 3 is 2.35 bits per heavy atom. The fourth-order valence-corrected chi connectivity index (χ4v) is 5.31. The standard InChI is InChI=1S/C21H27NO3S/c1-16-8-13-20(15-17(16)2)26(23,24)22-14-6-4-5-7-21(22)18-9-11-19(25-3)12-10-18/h8-13,15,21H,4-7,14H2,1-3H3/t21-/m1/s1. The number of hydrogen-bond acceptors (Lipinski definition) is 3. The van der Waals surface area contributed by atoms with Crippen LogP contribution in [0.25, 0.3) is 0 Å². The summed E-state index contributed by atoms with van der Waals surface area (Å²) < 4.78 is 33.8. The van der Waals surface area contributed by atoms with E-state index < -0.39 is 10.0 Å². The lowest BCUT2D eigenvalue weighted by Crippen LogP contribution is -2.34. The molecule has 1 aliphatic rings. The molecule has 1 aliphatic heterocycles. The second-order valence-electron chi connectivity index (χ2n) is 7.00. The van der Waals surface area contributed by atoms with E-state index in [0.717, 1.165) is 48.1 Å². The van der Waals surface area contributed by atoms with E-state index in [4.69, 9.17) is 4.74 Å². The number of hydrogen-bond donors (Lipinski definition) is 0. The van der Waals surface area contributed by atoms with Crippen LogP contribution in [0.3, 0.4) is 0 Å². The molecule has 3 rings (SSSR count). The van der Waals surface area contributed by atoms with Crippen molar-refractivity contribution < 1.29 is 13.2 Å². The topological polar surface area (TPSA) is 46.6 Å². The Bertz CT molecular complexity index is 859. The van der Waals surface area contributed by atoms with Gasteiger partial charge in [-0.05, 0) is 67.6 Å². The minimum atomic E-state index is -3.54. The first kappa shape index (κ1) is 18.9. The van der Waals surface area contributed by atoms with Crippen molar-refractivity contribution in [2.75, 3.05) is 13.7 Å². The molecule has 1 heterocycles. The van der Waals surface area contributed by atoms with Crippen molar-refractivity contribution in [2.24, 2.45) is 0 Å². The van der Waals surface area contributed by atoms with E-state index in [-0.39, 0.29) is 6.04 Å². The summed E-state index contributed by atoms with van der Waals surface area (Å²) in [5, 5.41) is 0. The van der Waals surface area contributed by atoms with Crippen molar-refractivity contribution in [3.8, 4) is 5.75 Å². The Kier molecular flexibility index (Phi) is 5.68. The zero-order valence-electron chi connectivity index (χ0n) is 15.7. The molecule has 5 heteroatoms. The number of aryl methyl sites for hydroxylation is 2. The van der Waals surface area contributed by atoms with Gasteiger partial charge in [0.15, 0.2) is 0 Å². The first-order valence-electron chi connectivity index (χ1n) is 9.16. The van der Waals surface area contributed by atoms with Crippen molar-refractivity contribution in [3.63, 3.8) is 0 Å². The van der Waals surface area contributed by atoms with Gasteiger partial charge in [0.1, 0.15) is 5.75 Å². The van der Waals surface area contributed by atoms with E-state index in [1.54, 1.807) is 23.5 Å². The molecule has 0 radical (unpaired) electrons. The molecule has 0 bridgehead atoms. The number of benzene rings is 2. The first-order valence-corrected chi connectivity index (χ1v) is 10.6. The van der Waals surface area contributed by atoms with Gasteiger partial charge in [-0.2, -0.15) is 4.31 Å². The van der Waals surface area contributed by atoms with Crippen LogP contribution in [0.5, 0.6) is 5.75 Å². The van der Waals surface area contributed by atoms with Gasteiger partial charge >= 0.3 is 0 Å². The summed E-state index contributed by atoms with van der Waals surface area (Å²) in [7, 11) is -1.90. The first-order chi connectivity index (χ1) is 12.4. The molecule has 0 saturated carbocycles. The maximum Gasteiger partial charge on any atom is 0.243 e. The normalized spacial score (nSPS) is 19.1. The molecule has 26 heavy (non-hydrogen) atoms. The zero-order chi connectivity index (χ0) is 18.7. The molecule has 140 valence electrons. The second-order valence-corrected chi connectivity index (χ2v) is 8.89. The number of rotatable bonds is 4. The molecule has 2 aromatic rings. The van der Waals surface area contributed by atoms with Gasteiger partial charge in [0.05, 0.1) is 18.0 Å². The Balaban J connectivity index is 2.00. The van der Waals surface area contributed by atoms with E-state index >= 15 is 0 Å². The van der Waals surface area contributed by atoms with Crippen LogP contribution in [-0.2, 0) is 10.0 Å². The third kappa shape index (κ3) is 3.79. The van der Waals surface area contributed by atoms with Crippen molar-refractivity contribution >= 4 is 10.0 Å². The van der Waals surface area contributed by atoms with Crippen LogP contribution < -0.4 is 4.74 Å². The van der Waals surface area contributed by atoms with Crippen molar-refractivity contribution in [3.05, 3.63) is 59.2 Å². The molecule has 1 atom stereocenters. The Hall–Kier alpha value is -1.85. The highest BCUT2D eigenvalue weighted by molar-refractivity contribution is 7.89. The highest BCUT2D eigenvalue weighted by Gasteiger charge is 2.33. The number of methoxy groups -OCH3 is 1. The smallest absolute Gasteiger partial charge is 0.243 e. The van der Waals surface area contributed by atoms with Crippen LogP contribution in [0.4, 0.5) is 0 Å². The quantitative estimate of drug-likeness (QED) is 0.786. The summed E-state index contributed by atoms with van der Waals surface area (Å²) in [6.07, 6.45) is 3.84. The number of sulfonamides is 1. The minimum Gasteiger partial charge on any atom is -0.497 e. The lowest BCUT2D eigenvalue weighted by atomic mass is 10.0. The lowest BCUT2D eigenvalue weighted by molar-refractivity contribution is 0.328. The van der Waals surface area contributed by atoms with Gasteiger partial charge in [-0.25, -0.2) is 8.42 Å². The highest BCUT2D eigenvalue weighted by atomic mass is 32.2. The molecular weight excluding hydrogens is 346 g/mol. The number of nitrogens with zero attached hydrogens (tertiary/aromatic N) is 1. The maximum atomic E-state index is 13.4. The lowest BCUT2D eigenvalue weighted by Gasteiger charge is -2.30.